The Kier molecular flexibility index (Phi) is 4.95. The van der Waals surface area contributed by atoms with Crippen molar-refractivity contribution in [2.45, 2.75) is 73.1 Å². The van der Waals surface area contributed by atoms with E-state index in [1.54, 1.807) is 0 Å². The number of nitrogens with zero attached hydrogens (tertiary/aromatic N) is 1. The fourth-order valence-corrected chi connectivity index (χ4v) is 4.08. The molecule has 1 N–H and O–H groups in total. The van der Waals surface area contributed by atoms with Gasteiger partial charge in [-0.05, 0) is 54.6 Å². The molecule has 0 fully saturated rings. The number of aryl methyl sites for hydroxylation is 1. The first-order valence-corrected chi connectivity index (χ1v) is 8.54. The van der Waals surface area contributed by atoms with Crippen molar-refractivity contribution in [1.29, 1.82) is 0 Å². The monoisotopic (exact) mass is 288 g/mol. The Bertz CT molecular complexity index is 474. The van der Waals surface area contributed by atoms with E-state index in [2.05, 4.69) is 52.1 Å². The van der Waals surface area contributed by atoms with Gasteiger partial charge < -0.3 is 5.32 Å². The lowest BCUT2D eigenvalue weighted by molar-refractivity contribution is 0.179. The number of rotatable bonds is 6. The molecule has 0 aliphatic carbocycles. The zero-order valence-electron chi connectivity index (χ0n) is 14.6. The Balaban J connectivity index is 2.06. The first-order chi connectivity index (χ1) is 9.81. The van der Waals surface area contributed by atoms with Crippen molar-refractivity contribution in [1.82, 2.24) is 4.98 Å². The van der Waals surface area contributed by atoms with E-state index in [-0.39, 0.29) is 0 Å². The molecular weight excluding hydrogens is 256 g/mol. The summed E-state index contributed by atoms with van der Waals surface area (Å²) in [5, 5.41) is 3.45. The van der Waals surface area contributed by atoms with E-state index in [0.29, 0.717) is 10.8 Å². The number of nitrogens with one attached hydrogen (secondary N) is 1. The van der Waals surface area contributed by atoms with E-state index >= 15 is 0 Å². The van der Waals surface area contributed by atoms with Crippen molar-refractivity contribution in [3.63, 3.8) is 0 Å². The predicted molar refractivity (Wildman–Crippen MR) is 91.8 cm³/mol. The molecule has 1 aromatic rings. The van der Waals surface area contributed by atoms with Crippen LogP contribution in [0.15, 0.2) is 12.1 Å². The minimum atomic E-state index is 0.300. The number of fused-ring (bicyclic) bond motifs is 1. The Hall–Kier alpha value is -1.05. The molecule has 2 rings (SSSR count). The lowest BCUT2D eigenvalue weighted by atomic mass is 9.71. The van der Waals surface area contributed by atoms with Gasteiger partial charge in [0.05, 0.1) is 0 Å². The molecule has 2 heteroatoms. The quantitative estimate of drug-likeness (QED) is 0.775. The Morgan fingerprint density at radius 3 is 2.62 bits per heavy atom. The summed E-state index contributed by atoms with van der Waals surface area (Å²) in [4.78, 5) is 4.86. The summed E-state index contributed by atoms with van der Waals surface area (Å²) >= 11 is 0. The van der Waals surface area contributed by atoms with Gasteiger partial charge in [0.25, 0.3) is 0 Å². The van der Waals surface area contributed by atoms with Crippen LogP contribution in [-0.4, -0.2) is 11.5 Å². The molecule has 1 aliphatic rings. The number of hydrogen-bond donors (Lipinski definition) is 1. The summed E-state index contributed by atoms with van der Waals surface area (Å²) in [7, 11) is 0. The average Bonchev–Trinajstić information content (AvgIpc) is 2.36. The van der Waals surface area contributed by atoms with Gasteiger partial charge in [-0.2, -0.15) is 0 Å². The summed E-state index contributed by atoms with van der Waals surface area (Å²) in [6.07, 6.45) is 7.28. The van der Waals surface area contributed by atoms with Crippen molar-refractivity contribution < 1.29 is 0 Å². The zero-order chi connectivity index (χ0) is 15.5. The fourth-order valence-electron chi connectivity index (χ4n) is 4.08. The third kappa shape index (κ3) is 4.72. The molecule has 2 nitrogen and oxygen atoms in total. The molecule has 118 valence electrons. The van der Waals surface area contributed by atoms with Gasteiger partial charge in [-0.3, -0.25) is 0 Å². The van der Waals surface area contributed by atoms with Crippen LogP contribution in [0.25, 0.3) is 0 Å². The molecule has 0 saturated heterocycles. The third-order valence-corrected chi connectivity index (χ3v) is 4.50. The van der Waals surface area contributed by atoms with E-state index in [9.17, 15) is 0 Å². The van der Waals surface area contributed by atoms with Crippen molar-refractivity contribution in [2.24, 2.45) is 10.8 Å². The molecule has 21 heavy (non-hydrogen) atoms. The topological polar surface area (TPSA) is 24.9 Å². The Morgan fingerprint density at radius 1 is 1.14 bits per heavy atom. The van der Waals surface area contributed by atoms with Crippen LogP contribution in [0.2, 0.25) is 0 Å². The number of anilines is 1. The number of hydrogen-bond acceptors (Lipinski definition) is 2. The Morgan fingerprint density at radius 2 is 1.90 bits per heavy atom. The van der Waals surface area contributed by atoms with E-state index in [1.165, 1.54) is 43.4 Å². The van der Waals surface area contributed by atoms with Crippen molar-refractivity contribution in [3.05, 3.63) is 23.4 Å². The molecule has 0 amide bonds. The first-order valence-electron chi connectivity index (χ1n) is 8.54. The summed E-state index contributed by atoms with van der Waals surface area (Å²) in [5.41, 5.74) is 3.34. The van der Waals surface area contributed by atoms with Gasteiger partial charge >= 0.3 is 0 Å². The summed E-state index contributed by atoms with van der Waals surface area (Å²) < 4.78 is 0. The lowest BCUT2D eigenvalue weighted by Gasteiger charge is -2.35. The van der Waals surface area contributed by atoms with E-state index < -0.39 is 0 Å². The minimum absolute atomic E-state index is 0.300. The SMILES string of the molecule is CCCC(C)(C)CC(C)(C)Cc1ccc2c(n1)NCCC2. The van der Waals surface area contributed by atoms with Crippen LogP contribution in [0.4, 0.5) is 5.82 Å². The molecule has 1 aromatic heterocycles. The van der Waals surface area contributed by atoms with Crippen LogP contribution in [0.1, 0.15) is 71.6 Å². The molecule has 0 aromatic carbocycles. The first kappa shape index (κ1) is 16.3. The molecule has 0 unspecified atom stereocenters. The molecular formula is C19H32N2. The van der Waals surface area contributed by atoms with Crippen molar-refractivity contribution in [3.8, 4) is 0 Å². The van der Waals surface area contributed by atoms with Crippen LogP contribution in [0.3, 0.4) is 0 Å². The van der Waals surface area contributed by atoms with Crippen LogP contribution in [0.5, 0.6) is 0 Å². The van der Waals surface area contributed by atoms with Crippen molar-refractivity contribution in [2.75, 3.05) is 11.9 Å². The van der Waals surface area contributed by atoms with Gasteiger partial charge in [0.2, 0.25) is 0 Å². The molecule has 1 aliphatic heterocycles. The highest BCUT2D eigenvalue weighted by Gasteiger charge is 2.29. The van der Waals surface area contributed by atoms with Crippen LogP contribution >= 0.6 is 0 Å². The van der Waals surface area contributed by atoms with Gasteiger partial charge in [0.1, 0.15) is 5.82 Å². The second-order valence-corrected chi connectivity index (χ2v) is 8.27. The Labute approximate surface area is 130 Å². The summed E-state index contributed by atoms with van der Waals surface area (Å²) in [6, 6.07) is 4.51. The van der Waals surface area contributed by atoms with Crippen LogP contribution in [0, 0.1) is 10.8 Å². The van der Waals surface area contributed by atoms with Gasteiger partial charge in [0.15, 0.2) is 0 Å². The second-order valence-electron chi connectivity index (χ2n) is 8.27. The van der Waals surface area contributed by atoms with Crippen LogP contribution < -0.4 is 5.32 Å². The molecule has 0 atom stereocenters. The molecule has 0 spiro atoms. The minimum Gasteiger partial charge on any atom is -0.370 e. The summed E-state index contributed by atoms with van der Waals surface area (Å²) in [6.45, 7) is 12.9. The maximum atomic E-state index is 4.86. The molecule has 0 saturated carbocycles. The normalized spacial score (nSPS) is 15.5. The third-order valence-electron chi connectivity index (χ3n) is 4.50. The largest absolute Gasteiger partial charge is 0.370 e. The number of aromatic nitrogens is 1. The highest BCUT2D eigenvalue weighted by molar-refractivity contribution is 5.47. The molecule has 2 heterocycles. The van der Waals surface area contributed by atoms with E-state index in [1.807, 2.05) is 0 Å². The smallest absolute Gasteiger partial charge is 0.129 e. The molecule has 0 radical (unpaired) electrons. The standard InChI is InChI=1S/C19H32N2/c1-6-11-18(2,3)14-19(4,5)13-16-10-9-15-8-7-12-20-17(15)21-16/h9-10H,6-8,11-14H2,1-5H3,(H,20,21). The maximum absolute atomic E-state index is 4.86. The zero-order valence-corrected chi connectivity index (χ0v) is 14.6. The molecule has 0 bridgehead atoms. The van der Waals surface area contributed by atoms with Gasteiger partial charge in [0, 0.05) is 12.2 Å². The lowest BCUT2D eigenvalue weighted by Crippen LogP contribution is -2.25. The second kappa shape index (κ2) is 6.37. The van der Waals surface area contributed by atoms with Gasteiger partial charge in [-0.1, -0.05) is 47.1 Å². The highest BCUT2D eigenvalue weighted by Crippen LogP contribution is 2.39. The fraction of sp³-hybridized carbons (Fsp3) is 0.737. The van der Waals surface area contributed by atoms with E-state index in [4.69, 9.17) is 4.98 Å². The van der Waals surface area contributed by atoms with E-state index in [0.717, 1.165) is 18.8 Å². The average molecular weight is 288 g/mol. The van der Waals surface area contributed by atoms with Crippen LogP contribution in [-0.2, 0) is 12.8 Å². The van der Waals surface area contributed by atoms with Gasteiger partial charge in [-0.25, -0.2) is 4.98 Å². The van der Waals surface area contributed by atoms with Gasteiger partial charge in [-0.15, -0.1) is 0 Å². The maximum Gasteiger partial charge on any atom is 0.129 e. The van der Waals surface area contributed by atoms with Crippen molar-refractivity contribution >= 4 is 5.82 Å². The highest BCUT2D eigenvalue weighted by atomic mass is 15.0. The predicted octanol–water partition coefficient (Wildman–Crippen LogP) is 5.22. The summed E-state index contributed by atoms with van der Waals surface area (Å²) in [5.74, 6) is 1.13. The number of pyridine rings is 1.